The van der Waals surface area contributed by atoms with Crippen LogP contribution in [0.15, 0.2) is 58.5 Å². The normalized spacial score (nSPS) is 10.5. The van der Waals surface area contributed by atoms with E-state index in [1.165, 1.54) is 0 Å². The second kappa shape index (κ2) is 5.62. The first-order chi connectivity index (χ1) is 9.40. The van der Waals surface area contributed by atoms with Crippen LogP contribution in [0.3, 0.4) is 0 Å². The zero-order valence-electron chi connectivity index (χ0n) is 10.0. The van der Waals surface area contributed by atoms with Crippen LogP contribution < -0.4 is 5.32 Å². The number of nitrogens with one attached hydrogen (secondary N) is 2. The highest BCUT2D eigenvalue weighted by Gasteiger charge is 2.04. The van der Waals surface area contributed by atoms with Crippen LogP contribution in [0.2, 0.25) is 0 Å². The predicted molar refractivity (Wildman–Crippen MR) is 74.4 cm³/mol. The van der Waals surface area contributed by atoms with Crippen molar-refractivity contribution in [3.63, 3.8) is 0 Å². The van der Waals surface area contributed by atoms with Gasteiger partial charge in [-0.15, -0.1) is 5.10 Å². The number of furan rings is 1. The van der Waals surface area contributed by atoms with E-state index in [1.54, 1.807) is 24.3 Å². The van der Waals surface area contributed by atoms with Crippen molar-refractivity contribution in [2.24, 2.45) is 0 Å². The number of hydrogen-bond acceptors (Lipinski definition) is 5. The van der Waals surface area contributed by atoms with Crippen LogP contribution in [0.5, 0.6) is 0 Å². The van der Waals surface area contributed by atoms with Gasteiger partial charge in [-0.05, 0) is 18.2 Å². The van der Waals surface area contributed by atoms with Crippen molar-refractivity contribution in [3.8, 4) is 0 Å². The first-order valence-corrected chi connectivity index (χ1v) is 6.77. The molecule has 0 amide bonds. The quantitative estimate of drug-likeness (QED) is 0.696. The summed E-state index contributed by atoms with van der Waals surface area (Å²) in [5, 5.41) is 10.9. The van der Waals surface area contributed by atoms with Crippen molar-refractivity contribution >= 4 is 23.4 Å². The van der Waals surface area contributed by atoms with E-state index in [0.29, 0.717) is 5.95 Å². The topological polar surface area (TPSA) is 66.7 Å². The van der Waals surface area contributed by atoms with Gasteiger partial charge in [-0.25, -0.2) is 0 Å². The number of para-hydroxylation sites is 1. The van der Waals surface area contributed by atoms with Crippen LogP contribution in [0, 0.1) is 0 Å². The minimum Gasteiger partial charge on any atom is -0.472 e. The molecule has 0 aliphatic heterocycles. The van der Waals surface area contributed by atoms with Gasteiger partial charge >= 0.3 is 0 Å². The molecule has 96 valence electrons. The Labute approximate surface area is 114 Å². The summed E-state index contributed by atoms with van der Waals surface area (Å²) in [5.74, 6) is 1.37. The molecule has 2 aromatic heterocycles. The van der Waals surface area contributed by atoms with Gasteiger partial charge in [0.15, 0.2) is 5.16 Å². The summed E-state index contributed by atoms with van der Waals surface area (Å²) >= 11 is 1.58. The number of hydrogen-bond donors (Lipinski definition) is 2. The SMILES string of the molecule is c1ccc(Nc2n[nH]c(SCc3ccoc3)n2)cc1. The maximum Gasteiger partial charge on any atom is 0.247 e. The molecular formula is C13H12N4OS. The molecule has 0 fully saturated rings. The van der Waals surface area contributed by atoms with Gasteiger partial charge in [0.25, 0.3) is 0 Å². The van der Waals surface area contributed by atoms with Gasteiger partial charge < -0.3 is 9.73 Å². The lowest BCUT2D eigenvalue weighted by atomic mass is 10.3. The van der Waals surface area contributed by atoms with Crippen LogP contribution in [-0.4, -0.2) is 15.2 Å². The van der Waals surface area contributed by atoms with Crippen molar-refractivity contribution in [1.82, 2.24) is 15.2 Å². The minimum absolute atomic E-state index is 0.570. The summed E-state index contributed by atoms with van der Waals surface area (Å²) < 4.78 is 5.02. The fourth-order valence-corrected chi connectivity index (χ4v) is 2.27. The minimum atomic E-state index is 0.570. The van der Waals surface area contributed by atoms with E-state index in [0.717, 1.165) is 22.2 Å². The Bertz CT molecular complexity index is 621. The molecule has 0 radical (unpaired) electrons. The third-order valence-corrected chi connectivity index (χ3v) is 3.38. The lowest BCUT2D eigenvalue weighted by Crippen LogP contribution is -1.91. The van der Waals surface area contributed by atoms with Gasteiger partial charge in [0.05, 0.1) is 12.5 Å². The zero-order chi connectivity index (χ0) is 12.9. The largest absolute Gasteiger partial charge is 0.472 e. The molecule has 0 unspecified atom stereocenters. The first kappa shape index (κ1) is 11.9. The maximum absolute atomic E-state index is 5.02. The highest BCUT2D eigenvalue weighted by molar-refractivity contribution is 7.98. The molecule has 0 saturated carbocycles. The Kier molecular flexibility index (Phi) is 3.51. The highest BCUT2D eigenvalue weighted by atomic mass is 32.2. The van der Waals surface area contributed by atoms with Crippen LogP contribution in [-0.2, 0) is 5.75 Å². The number of aromatic amines is 1. The fourth-order valence-electron chi connectivity index (χ4n) is 1.54. The number of aromatic nitrogens is 3. The van der Waals surface area contributed by atoms with Crippen molar-refractivity contribution < 1.29 is 4.42 Å². The fraction of sp³-hybridized carbons (Fsp3) is 0.0769. The van der Waals surface area contributed by atoms with Crippen LogP contribution in [0.1, 0.15) is 5.56 Å². The van der Waals surface area contributed by atoms with Gasteiger partial charge in [0.1, 0.15) is 0 Å². The van der Waals surface area contributed by atoms with Gasteiger partial charge in [-0.1, -0.05) is 30.0 Å². The Morgan fingerprint density at radius 2 is 2.11 bits per heavy atom. The number of benzene rings is 1. The van der Waals surface area contributed by atoms with Crippen molar-refractivity contribution in [1.29, 1.82) is 0 Å². The third kappa shape index (κ3) is 3.17. The number of thioether (sulfide) groups is 1. The van der Waals surface area contributed by atoms with Crippen molar-refractivity contribution in [2.45, 2.75) is 10.9 Å². The Morgan fingerprint density at radius 3 is 2.89 bits per heavy atom. The molecule has 5 nitrogen and oxygen atoms in total. The molecule has 3 rings (SSSR count). The zero-order valence-corrected chi connectivity index (χ0v) is 10.9. The van der Waals surface area contributed by atoms with Gasteiger partial charge in [-0.3, -0.25) is 5.10 Å². The second-order valence-corrected chi connectivity index (χ2v) is 4.84. The van der Waals surface area contributed by atoms with E-state index < -0.39 is 0 Å². The smallest absolute Gasteiger partial charge is 0.247 e. The molecule has 1 aromatic carbocycles. The van der Waals surface area contributed by atoms with Gasteiger partial charge in [0.2, 0.25) is 5.95 Å². The summed E-state index contributed by atoms with van der Waals surface area (Å²) in [6.45, 7) is 0. The number of anilines is 2. The van der Waals surface area contributed by atoms with E-state index in [1.807, 2.05) is 36.4 Å². The van der Waals surface area contributed by atoms with E-state index in [9.17, 15) is 0 Å². The Morgan fingerprint density at radius 1 is 1.21 bits per heavy atom. The number of rotatable bonds is 5. The molecule has 0 spiro atoms. The molecule has 19 heavy (non-hydrogen) atoms. The summed E-state index contributed by atoms with van der Waals surface area (Å²) in [4.78, 5) is 4.36. The summed E-state index contributed by atoms with van der Waals surface area (Å²) in [7, 11) is 0. The average Bonchev–Trinajstić information content (AvgIpc) is 3.09. The molecule has 0 aliphatic rings. The molecule has 0 atom stereocenters. The van der Waals surface area contributed by atoms with Crippen molar-refractivity contribution in [3.05, 3.63) is 54.5 Å². The molecule has 2 N–H and O–H groups in total. The van der Waals surface area contributed by atoms with Crippen molar-refractivity contribution in [2.75, 3.05) is 5.32 Å². The average molecular weight is 272 g/mol. The summed E-state index contributed by atoms with van der Waals surface area (Å²) in [6, 6.07) is 11.8. The van der Waals surface area contributed by atoms with Crippen LogP contribution >= 0.6 is 11.8 Å². The number of nitrogens with zero attached hydrogens (tertiary/aromatic N) is 2. The number of H-pyrrole nitrogens is 1. The van der Waals surface area contributed by atoms with E-state index >= 15 is 0 Å². The summed E-state index contributed by atoms with van der Waals surface area (Å²) in [5.41, 5.74) is 2.09. The maximum atomic E-state index is 5.02. The van der Waals surface area contributed by atoms with Gasteiger partial charge in [-0.2, -0.15) is 4.98 Å². The molecule has 0 bridgehead atoms. The lowest BCUT2D eigenvalue weighted by molar-refractivity contribution is 0.565. The standard InChI is InChI=1S/C13H12N4OS/c1-2-4-11(5-3-1)14-12-15-13(17-16-12)19-9-10-6-7-18-8-10/h1-8H,9H2,(H2,14,15,16,17). The third-order valence-electron chi connectivity index (χ3n) is 2.45. The molecule has 0 saturated heterocycles. The van der Waals surface area contributed by atoms with E-state index in [2.05, 4.69) is 20.5 Å². The monoisotopic (exact) mass is 272 g/mol. The summed E-state index contributed by atoms with van der Waals surface area (Å²) in [6.07, 6.45) is 3.39. The van der Waals surface area contributed by atoms with Crippen LogP contribution in [0.25, 0.3) is 0 Å². The lowest BCUT2D eigenvalue weighted by Gasteiger charge is -1.99. The molecule has 3 aromatic rings. The highest BCUT2D eigenvalue weighted by Crippen LogP contribution is 2.21. The van der Waals surface area contributed by atoms with E-state index in [4.69, 9.17) is 4.42 Å². The second-order valence-electron chi connectivity index (χ2n) is 3.88. The van der Waals surface area contributed by atoms with Gasteiger partial charge in [0, 0.05) is 17.0 Å². The molecular weight excluding hydrogens is 260 g/mol. The molecule has 0 aliphatic carbocycles. The Hall–Kier alpha value is -2.21. The molecule has 6 heteroatoms. The predicted octanol–water partition coefficient (Wildman–Crippen LogP) is 3.43. The molecule has 2 heterocycles. The first-order valence-electron chi connectivity index (χ1n) is 5.78. The van der Waals surface area contributed by atoms with Crippen LogP contribution in [0.4, 0.5) is 11.6 Å². The Balaban J connectivity index is 1.60. The van der Waals surface area contributed by atoms with E-state index in [-0.39, 0.29) is 0 Å².